The summed E-state index contributed by atoms with van der Waals surface area (Å²) in [4.78, 5) is 7.15. The van der Waals surface area contributed by atoms with Crippen molar-refractivity contribution in [1.82, 2.24) is 9.88 Å². The first kappa shape index (κ1) is 16.1. The van der Waals surface area contributed by atoms with Crippen molar-refractivity contribution in [3.8, 4) is 11.5 Å². The molecule has 24 heavy (non-hydrogen) atoms. The fourth-order valence-electron chi connectivity index (χ4n) is 3.29. The number of oxazole rings is 1. The molecule has 1 aromatic heterocycles. The highest BCUT2D eigenvalue weighted by molar-refractivity contribution is 9.10. The van der Waals surface area contributed by atoms with Crippen molar-refractivity contribution in [3.63, 3.8) is 0 Å². The van der Waals surface area contributed by atoms with Gasteiger partial charge in [-0.25, -0.2) is 4.98 Å². The lowest BCUT2D eigenvalue weighted by Crippen LogP contribution is -2.18. The van der Waals surface area contributed by atoms with Crippen molar-refractivity contribution >= 4 is 38.6 Å². The Morgan fingerprint density at radius 3 is 2.83 bits per heavy atom. The molecule has 0 radical (unpaired) electrons. The smallest absolute Gasteiger partial charge is 0.227 e. The standard InChI is InChI=1S/C19H18BrClN2O/c1-12-14(5-4-6-15(12)20)19-22-17-10-13(9-16(21)18(17)24-19)11-23-7-2-3-8-23/h4-6,9-10H,2-3,7-8,11H2,1H3. The zero-order chi connectivity index (χ0) is 16.7. The number of halogens is 2. The lowest BCUT2D eigenvalue weighted by molar-refractivity contribution is 0.331. The molecule has 0 spiro atoms. The summed E-state index contributed by atoms with van der Waals surface area (Å²) in [6.45, 7) is 5.30. The molecular weight excluding hydrogens is 388 g/mol. The molecule has 0 aliphatic carbocycles. The van der Waals surface area contributed by atoms with Gasteiger partial charge >= 0.3 is 0 Å². The minimum Gasteiger partial charge on any atom is -0.434 e. The van der Waals surface area contributed by atoms with Crippen molar-refractivity contribution in [2.45, 2.75) is 26.3 Å². The van der Waals surface area contributed by atoms with Gasteiger partial charge < -0.3 is 4.42 Å². The third kappa shape index (κ3) is 2.99. The minimum absolute atomic E-state index is 0.615. The summed E-state index contributed by atoms with van der Waals surface area (Å²) in [7, 11) is 0. The Balaban J connectivity index is 1.74. The van der Waals surface area contributed by atoms with Crippen LogP contribution in [0.25, 0.3) is 22.6 Å². The highest BCUT2D eigenvalue weighted by Crippen LogP contribution is 2.34. The van der Waals surface area contributed by atoms with Crippen LogP contribution in [0.5, 0.6) is 0 Å². The molecule has 0 atom stereocenters. The van der Waals surface area contributed by atoms with Gasteiger partial charge in [-0.05, 0) is 68.2 Å². The molecule has 1 saturated heterocycles. The SMILES string of the molecule is Cc1c(Br)cccc1-c1nc2cc(CN3CCCC3)cc(Cl)c2o1. The van der Waals surface area contributed by atoms with E-state index in [1.54, 1.807) is 0 Å². The predicted octanol–water partition coefficient (Wildman–Crippen LogP) is 5.81. The van der Waals surface area contributed by atoms with E-state index < -0.39 is 0 Å². The number of hydrogen-bond acceptors (Lipinski definition) is 3. The topological polar surface area (TPSA) is 29.3 Å². The van der Waals surface area contributed by atoms with E-state index in [0.29, 0.717) is 16.5 Å². The summed E-state index contributed by atoms with van der Waals surface area (Å²) in [5, 5.41) is 0.632. The van der Waals surface area contributed by atoms with Crippen molar-refractivity contribution in [2.75, 3.05) is 13.1 Å². The normalized spacial score (nSPS) is 15.5. The van der Waals surface area contributed by atoms with Crippen molar-refractivity contribution in [3.05, 3.63) is 51.0 Å². The van der Waals surface area contributed by atoms with E-state index in [9.17, 15) is 0 Å². The van der Waals surface area contributed by atoms with E-state index in [2.05, 4.69) is 33.8 Å². The zero-order valence-electron chi connectivity index (χ0n) is 13.5. The summed E-state index contributed by atoms with van der Waals surface area (Å²) in [5.41, 5.74) is 4.78. The summed E-state index contributed by atoms with van der Waals surface area (Å²) < 4.78 is 7.01. The first-order chi connectivity index (χ1) is 11.6. The first-order valence-corrected chi connectivity index (χ1v) is 9.36. The van der Waals surface area contributed by atoms with E-state index in [-0.39, 0.29) is 0 Å². The number of benzene rings is 2. The third-order valence-corrected chi connectivity index (χ3v) is 5.75. The van der Waals surface area contributed by atoms with Gasteiger partial charge in [-0.15, -0.1) is 0 Å². The molecule has 0 bridgehead atoms. The van der Waals surface area contributed by atoms with Gasteiger partial charge in [0.15, 0.2) is 5.58 Å². The molecule has 0 N–H and O–H groups in total. The molecule has 4 rings (SSSR count). The Morgan fingerprint density at radius 1 is 1.25 bits per heavy atom. The monoisotopic (exact) mass is 404 g/mol. The maximum absolute atomic E-state index is 6.46. The Kier molecular flexibility index (Phi) is 4.37. The van der Waals surface area contributed by atoms with Crippen molar-refractivity contribution < 1.29 is 4.42 Å². The Bertz CT molecular complexity index is 900. The Hall–Kier alpha value is -1.36. The van der Waals surface area contributed by atoms with Gasteiger partial charge in [-0.3, -0.25) is 4.90 Å². The van der Waals surface area contributed by atoms with Crippen LogP contribution in [0.1, 0.15) is 24.0 Å². The summed E-state index contributed by atoms with van der Waals surface area (Å²) in [5.74, 6) is 0.615. The van der Waals surface area contributed by atoms with Crippen molar-refractivity contribution in [2.24, 2.45) is 0 Å². The quantitative estimate of drug-likeness (QED) is 0.550. The molecule has 1 fully saturated rings. The maximum atomic E-state index is 6.46. The van der Waals surface area contributed by atoms with Crippen LogP contribution in [-0.4, -0.2) is 23.0 Å². The lowest BCUT2D eigenvalue weighted by atomic mass is 10.1. The van der Waals surface area contributed by atoms with Gasteiger partial charge in [0.25, 0.3) is 0 Å². The van der Waals surface area contributed by atoms with Crippen LogP contribution in [0.15, 0.2) is 39.2 Å². The van der Waals surface area contributed by atoms with E-state index >= 15 is 0 Å². The van der Waals surface area contributed by atoms with Crippen LogP contribution in [0.4, 0.5) is 0 Å². The highest BCUT2D eigenvalue weighted by atomic mass is 79.9. The number of nitrogens with zero attached hydrogens (tertiary/aromatic N) is 2. The van der Waals surface area contributed by atoms with Crippen LogP contribution >= 0.6 is 27.5 Å². The molecule has 3 aromatic rings. The Labute approximate surface area is 154 Å². The number of likely N-dealkylation sites (tertiary alicyclic amines) is 1. The van der Waals surface area contributed by atoms with Crippen LogP contribution in [0, 0.1) is 6.92 Å². The molecule has 5 heteroatoms. The van der Waals surface area contributed by atoms with Gasteiger partial charge in [0.2, 0.25) is 5.89 Å². The molecular formula is C19H18BrClN2O. The van der Waals surface area contributed by atoms with E-state index in [1.807, 2.05) is 24.3 Å². The second-order valence-electron chi connectivity index (χ2n) is 6.34. The molecule has 0 amide bonds. The van der Waals surface area contributed by atoms with Gasteiger partial charge in [-0.2, -0.15) is 0 Å². The second kappa shape index (κ2) is 6.51. The molecule has 2 aromatic carbocycles. The third-order valence-electron chi connectivity index (χ3n) is 4.61. The molecule has 1 aliphatic rings. The summed E-state index contributed by atoms with van der Waals surface area (Å²) in [6.07, 6.45) is 2.57. The molecule has 2 heterocycles. The molecule has 0 saturated carbocycles. The summed E-state index contributed by atoms with van der Waals surface area (Å²) >= 11 is 10.0. The number of hydrogen-bond donors (Lipinski definition) is 0. The van der Waals surface area contributed by atoms with Crippen LogP contribution < -0.4 is 0 Å². The van der Waals surface area contributed by atoms with Crippen LogP contribution in [0.2, 0.25) is 5.02 Å². The first-order valence-electron chi connectivity index (χ1n) is 8.18. The van der Waals surface area contributed by atoms with E-state index in [1.165, 1.54) is 18.4 Å². The zero-order valence-corrected chi connectivity index (χ0v) is 15.8. The largest absolute Gasteiger partial charge is 0.434 e. The van der Waals surface area contributed by atoms with E-state index in [0.717, 1.165) is 40.8 Å². The summed E-state index contributed by atoms with van der Waals surface area (Å²) in [6, 6.07) is 10.1. The molecule has 124 valence electrons. The average Bonchev–Trinajstić information content (AvgIpc) is 3.20. The maximum Gasteiger partial charge on any atom is 0.227 e. The lowest BCUT2D eigenvalue weighted by Gasteiger charge is -2.14. The molecule has 1 aliphatic heterocycles. The number of fused-ring (bicyclic) bond motifs is 1. The number of aromatic nitrogens is 1. The Morgan fingerprint density at radius 2 is 2.04 bits per heavy atom. The number of rotatable bonds is 3. The van der Waals surface area contributed by atoms with Crippen LogP contribution in [0.3, 0.4) is 0 Å². The van der Waals surface area contributed by atoms with Crippen LogP contribution in [-0.2, 0) is 6.54 Å². The average molecular weight is 406 g/mol. The van der Waals surface area contributed by atoms with Gasteiger partial charge in [0.1, 0.15) is 5.52 Å². The molecule has 3 nitrogen and oxygen atoms in total. The van der Waals surface area contributed by atoms with E-state index in [4.69, 9.17) is 21.0 Å². The van der Waals surface area contributed by atoms with Gasteiger partial charge in [0, 0.05) is 16.6 Å². The fourth-order valence-corrected chi connectivity index (χ4v) is 3.93. The molecule has 0 unspecified atom stereocenters. The van der Waals surface area contributed by atoms with Crippen molar-refractivity contribution in [1.29, 1.82) is 0 Å². The van der Waals surface area contributed by atoms with Gasteiger partial charge in [0.05, 0.1) is 5.02 Å². The second-order valence-corrected chi connectivity index (χ2v) is 7.60. The van der Waals surface area contributed by atoms with Gasteiger partial charge in [-0.1, -0.05) is 33.6 Å². The highest BCUT2D eigenvalue weighted by Gasteiger charge is 2.17. The predicted molar refractivity (Wildman–Crippen MR) is 101 cm³/mol. The minimum atomic E-state index is 0.615. The fraction of sp³-hybridized carbons (Fsp3) is 0.316.